The van der Waals surface area contributed by atoms with Crippen LogP contribution in [0.25, 0.3) is 0 Å². The number of rotatable bonds is 16. The van der Waals surface area contributed by atoms with Crippen molar-refractivity contribution < 1.29 is 38.0 Å². The zero-order valence-electron chi connectivity index (χ0n) is 17.3. The van der Waals surface area contributed by atoms with E-state index in [1.807, 2.05) is 20.8 Å². The maximum absolute atomic E-state index is 11.9. The van der Waals surface area contributed by atoms with Crippen LogP contribution in [-0.2, 0) is 23.7 Å². The molecule has 0 saturated carbocycles. The molecule has 0 aliphatic carbocycles. The second kappa shape index (κ2) is 13.3. The van der Waals surface area contributed by atoms with Crippen LogP contribution in [0.4, 0.5) is 0 Å². The van der Waals surface area contributed by atoms with Crippen molar-refractivity contribution in [2.75, 3.05) is 33.6 Å². The fourth-order valence-corrected chi connectivity index (χ4v) is 1.80. The topological polar surface area (TPSA) is 81.7 Å². The van der Waals surface area contributed by atoms with Gasteiger partial charge in [-0.15, -0.1) is 0 Å². The van der Waals surface area contributed by atoms with Gasteiger partial charge in [0.1, 0.15) is 12.4 Å². The molecule has 0 amide bonds. The molecule has 1 rings (SSSR count). The molecule has 0 aliphatic rings. The molecule has 0 aromatic heterocycles. The standard InChI is InChI=1S/C21H30O8/c1-6-21(4,5)20(22)26-12-11-25-16-28-18-10-9-17(27-14-23-7-2)13-19(18)29-15-24-8-3/h7-10,13H,2-3,6,11-12,14-16H2,1,4-5H3. The average Bonchev–Trinajstić information content (AvgIpc) is 2.71. The zero-order chi connectivity index (χ0) is 21.5. The molecule has 162 valence electrons. The first-order valence-electron chi connectivity index (χ1n) is 9.17. The van der Waals surface area contributed by atoms with Gasteiger partial charge in [0, 0.05) is 6.07 Å². The monoisotopic (exact) mass is 410 g/mol. The van der Waals surface area contributed by atoms with Crippen LogP contribution in [-0.4, -0.2) is 39.6 Å². The molecule has 8 heteroatoms. The minimum Gasteiger partial charge on any atom is -0.466 e. The normalized spacial score (nSPS) is 10.6. The molecule has 0 unspecified atom stereocenters. The second-order valence-electron chi connectivity index (χ2n) is 6.34. The summed E-state index contributed by atoms with van der Waals surface area (Å²) in [7, 11) is 0. The highest BCUT2D eigenvalue weighted by molar-refractivity contribution is 5.75. The fourth-order valence-electron chi connectivity index (χ4n) is 1.80. The lowest BCUT2D eigenvalue weighted by molar-refractivity contribution is -0.156. The minimum absolute atomic E-state index is 0.0168. The van der Waals surface area contributed by atoms with Crippen LogP contribution in [0, 0.1) is 5.41 Å². The van der Waals surface area contributed by atoms with Crippen molar-refractivity contribution in [1.29, 1.82) is 0 Å². The zero-order valence-corrected chi connectivity index (χ0v) is 17.3. The largest absolute Gasteiger partial charge is 0.466 e. The quantitative estimate of drug-likeness (QED) is 0.175. The van der Waals surface area contributed by atoms with Gasteiger partial charge in [0.15, 0.2) is 18.3 Å². The Labute approximate surface area is 171 Å². The highest BCUT2D eigenvalue weighted by Gasteiger charge is 2.26. The molecule has 1 aromatic rings. The summed E-state index contributed by atoms with van der Waals surface area (Å²) in [6.45, 7) is 12.8. The van der Waals surface area contributed by atoms with Crippen LogP contribution in [0.15, 0.2) is 43.9 Å². The van der Waals surface area contributed by atoms with Gasteiger partial charge >= 0.3 is 5.97 Å². The summed E-state index contributed by atoms with van der Waals surface area (Å²) in [5.74, 6) is 1.08. The summed E-state index contributed by atoms with van der Waals surface area (Å²) in [6.07, 6.45) is 3.25. The van der Waals surface area contributed by atoms with Gasteiger partial charge in [0.2, 0.25) is 13.6 Å². The third-order valence-corrected chi connectivity index (χ3v) is 3.92. The molecule has 8 nitrogen and oxygen atoms in total. The molecular formula is C21H30O8. The van der Waals surface area contributed by atoms with Crippen molar-refractivity contribution in [2.24, 2.45) is 5.41 Å². The molecule has 0 aliphatic heterocycles. The predicted molar refractivity (Wildman–Crippen MR) is 106 cm³/mol. The third-order valence-electron chi connectivity index (χ3n) is 3.92. The van der Waals surface area contributed by atoms with E-state index in [1.54, 1.807) is 18.2 Å². The first kappa shape index (κ1) is 24.2. The molecule has 0 heterocycles. The Morgan fingerprint density at radius 3 is 2.28 bits per heavy atom. The third kappa shape index (κ3) is 9.25. The Bertz CT molecular complexity index is 642. The number of ether oxygens (including phenoxy) is 7. The van der Waals surface area contributed by atoms with Gasteiger partial charge in [0.05, 0.1) is 24.5 Å². The van der Waals surface area contributed by atoms with Crippen LogP contribution in [0.2, 0.25) is 0 Å². The maximum Gasteiger partial charge on any atom is 0.311 e. The predicted octanol–water partition coefficient (Wildman–Crippen LogP) is 4.01. The number of esters is 1. The van der Waals surface area contributed by atoms with E-state index in [0.29, 0.717) is 23.7 Å². The SMILES string of the molecule is C=COCOc1ccc(OCOCCOC(=O)C(C)(C)CC)c(OCOC=C)c1. The van der Waals surface area contributed by atoms with E-state index in [0.717, 1.165) is 0 Å². The Balaban J connectivity index is 2.48. The van der Waals surface area contributed by atoms with E-state index < -0.39 is 5.41 Å². The summed E-state index contributed by atoms with van der Waals surface area (Å²) in [6, 6.07) is 4.99. The van der Waals surface area contributed by atoms with Crippen LogP contribution < -0.4 is 14.2 Å². The summed E-state index contributed by atoms with van der Waals surface area (Å²) < 4.78 is 36.9. The Kier molecular flexibility index (Phi) is 11.1. The summed E-state index contributed by atoms with van der Waals surface area (Å²) in [4.78, 5) is 11.9. The Morgan fingerprint density at radius 1 is 0.966 bits per heavy atom. The van der Waals surface area contributed by atoms with E-state index in [4.69, 9.17) is 33.2 Å². The Hall–Kier alpha value is -2.87. The number of carbonyl (C=O) groups is 1. The summed E-state index contributed by atoms with van der Waals surface area (Å²) in [5, 5.41) is 0. The number of benzene rings is 1. The van der Waals surface area contributed by atoms with Crippen LogP contribution in [0.1, 0.15) is 27.2 Å². The molecule has 0 saturated heterocycles. The second-order valence-corrected chi connectivity index (χ2v) is 6.34. The van der Waals surface area contributed by atoms with Gasteiger partial charge < -0.3 is 33.2 Å². The lowest BCUT2D eigenvalue weighted by atomic mass is 9.91. The number of carbonyl (C=O) groups excluding carboxylic acids is 1. The molecule has 0 atom stereocenters. The average molecular weight is 410 g/mol. The van der Waals surface area contributed by atoms with Gasteiger partial charge in [-0.05, 0) is 32.4 Å². The highest BCUT2D eigenvalue weighted by Crippen LogP contribution is 2.32. The Morgan fingerprint density at radius 2 is 1.62 bits per heavy atom. The lowest BCUT2D eigenvalue weighted by Crippen LogP contribution is -2.27. The van der Waals surface area contributed by atoms with Crippen molar-refractivity contribution in [3.63, 3.8) is 0 Å². The molecule has 0 spiro atoms. The fraction of sp³-hybridized carbons (Fsp3) is 0.476. The van der Waals surface area contributed by atoms with Gasteiger partial charge in [0.25, 0.3) is 0 Å². The van der Waals surface area contributed by atoms with Crippen LogP contribution >= 0.6 is 0 Å². The van der Waals surface area contributed by atoms with E-state index in [9.17, 15) is 4.79 Å². The summed E-state index contributed by atoms with van der Waals surface area (Å²) >= 11 is 0. The van der Waals surface area contributed by atoms with Gasteiger partial charge in [-0.1, -0.05) is 20.1 Å². The molecule has 0 N–H and O–H groups in total. The van der Waals surface area contributed by atoms with Gasteiger partial charge in [-0.3, -0.25) is 4.79 Å². The van der Waals surface area contributed by atoms with E-state index in [2.05, 4.69) is 13.2 Å². The lowest BCUT2D eigenvalue weighted by Gasteiger charge is -2.20. The van der Waals surface area contributed by atoms with Crippen molar-refractivity contribution in [3.05, 3.63) is 43.9 Å². The van der Waals surface area contributed by atoms with Crippen LogP contribution in [0.5, 0.6) is 17.2 Å². The smallest absolute Gasteiger partial charge is 0.311 e. The highest BCUT2D eigenvalue weighted by atomic mass is 16.7. The molecule has 1 aromatic carbocycles. The van der Waals surface area contributed by atoms with Crippen molar-refractivity contribution in [3.8, 4) is 17.2 Å². The van der Waals surface area contributed by atoms with E-state index in [1.165, 1.54) is 12.5 Å². The maximum atomic E-state index is 11.9. The molecule has 0 bridgehead atoms. The van der Waals surface area contributed by atoms with Crippen molar-refractivity contribution >= 4 is 5.97 Å². The summed E-state index contributed by atoms with van der Waals surface area (Å²) in [5.41, 5.74) is -0.503. The first-order chi connectivity index (χ1) is 13.9. The number of hydrogen-bond donors (Lipinski definition) is 0. The van der Waals surface area contributed by atoms with Crippen molar-refractivity contribution in [2.45, 2.75) is 27.2 Å². The van der Waals surface area contributed by atoms with Crippen LogP contribution in [0.3, 0.4) is 0 Å². The molecule has 29 heavy (non-hydrogen) atoms. The molecule has 0 fully saturated rings. The molecule has 0 radical (unpaired) electrons. The van der Waals surface area contributed by atoms with E-state index in [-0.39, 0.29) is 39.6 Å². The van der Waals surface area contributed by atoms with Gasteiger partial charge in [-0.2, -0.15) is 0 Å². The first-order valence-corrected chi connectivity index (χ1v) is 9.17. The molecular weight excluding hydrogens is 380 g/mol. The minimum atomic E-state index is -0.503. The van der Waals surface area contributed by atoms with E-state index >= 15 is 0 Å². The number of hydrogen-bond acceptors (Lipinski definition) is 8. The van der Waals surface area contributed by atoms with Crippen molar-refractivity contribution in [1.82, 2.24) is 0 Å². The van der Waals surface area contributed by atoms with Gasteiger partial charge in [-0.25, -0.2) is 0 Å².